The van der Waals surface area contributed by atoms with Crippen molar-refractivity contribution < 1.29 is 65.5 Å². The SMILES string of the molecule is C=C1C[C@@H]2CC[C@@]34C[C@H]5OC6[C@@H](O[C@H]7CC[C@H](CC(=O)C[C@@H]8[C@@H](OC)[C@@H](C[C@H](O)CN)O[C@H]8C[C@H]8O[C@@H](CC[C@@H]1O2)C[C@@H](C)C8=C)O[C@@H]7[C@@H]6O3)[C@H]5O4.CS(=O)(=O)O. The van der Waals surface area contributed by atoms with Gasteiger partial charge in [0, 0.05) is 58.1 Å². The van der Waals surface area contributed by atoms with E-state index in [1.807, 2.05) is 0 Å². The standard InChI is InChI=1S/C40H59NO11.CH4O3S/c1-19-11-24-5-7-28-20(2)12-26(45-28)9-10-40-17-33-36(51-40)37-38(50-33)39(52-40)35-29(49-37)8-6-25(47-35)13-22(42)14-27-31(16-30(46-24)21(19)3)48-32(34(27)44-4)15-23(43)18-41;1-5(2,3)4/h19,23-39,43H,2-3,5-18,41H2,1,4H3;1H3,(H,2,3,4)/t19-,23+,24+,25-,26+,27+,28+,29+,30-,31+,32-,33-,34-,35+,36+,37+,38?,39+,40+;/m1./s1. The molecule has 1 unspecified atom stereocenters. The molecule has 10 rings (SSSR count). The second kappa shape index (κ2) is 16.8. The minimum Gasteiger partial charge on any atom is -0.392 e. The summed E-state index contributed by atoms with van der Waals surface area (Å²) in [7, 11) is -2.01. The molecule has 57 heavy (non-hydrogen) atoms. The number of nitrogens with two attached hydrogens (primary N) is 1. The van der Waals surface area contributed by atoms with Gasteiger partial charge in [0.05, 0.1) is 73.4 Å². The quantitative estimate of drug-likeness (QED) is 0.276. The van der Waals surface area contributed by atoms with Gasteiger partial charge in [-0.1, -0.05) is 20.1 Å². The summed E-state index contributed by atoms with van der Waals surface area (Å²) in [5, 5.41) is 10.5. The molecule has 12 bridgehead atoms. The summed E-state index contributed by atoms with van der Waals surface area (Å²) in [5.41, 5.74) is 8.01. The fraction of sp³-hybridized carbons (Fsp3) is 0.878. The number of methoxy groups -OCH3 is 1. The highest BCUT2D eigenvalue weighted by molar-refractivity contribution is 7.85. The highest BCUT2D eigenvalue weighted by atomic mass is 32.2. The van der Waals surface area contributed by atoms with E-state index < -0.39 is 28.1 Å². The van der Waals surface area contributed by atoms with E-state index in [0.717, 1.165) is 56.1 Å². The normalized spacial score (nSPS) is 48.8. The fourth-order valence-corrected chi connectivity index (χ4v) is 11.3. The van der Waals surface area contributed by atoms with E-state index in [4.69, 9.17) is 52.9 Å². The molecule has 4 N–H and O–H groups in total. The summed E-state index contributed by atoms with van der Waals surface area (Å²) in [6, 6.07) is 0. The highest BCUT2D eigenvalue weighted by Gasteiger charge is 2.68. The maximum Gasteiger partial charge on any atom is 0.261 e. The zero-order valence-corrected chi connectivity index (χ0v) is 34.3. The van der Waals surface area contributed by atoms with Crippen molar-refractivity contribution in [3.05, 3.63) is 24.3 Å². The Kier molecular flexibility index (Phi) is 12.5. The summed E-state index contributed by atoms with van der Waals surface area (Å²) < 4.78 is 85.9. The van der Waals surface area contributed by atoms with Crippen LogP contribution in [0, 0.1) is 11.8 Å². The predicted octanol–water partition coefficient (Wildman–Crippen LogP) is 2.94. The van der Waals surface area contributed by atoms with Crippen LogP contribution in [-0.4, -0.2) is 147 Å². The Balaban J connectivity index is 0.000000859. The fourth-order valence-electron chi connectivity index (χ4n) is 11.3. The van der Waals surface area contributed by atoms with Gasteiger partial charge in [0.15, 0.2) is 5.79 Å². The van der Waals surface area contributed by atoms with Crippen LogP contribution in [0.3, 0.4) is 0 Å². The Morgan fingerprint density at radius 3 is 2.26 bits per heavy atom. The van der Waals surface area contributed by atoms with Gasteiger partial charge in [-0.2, -0.15) is 8.42 Å². The largest absolute Gasteiger partial charge is 0.392 e. The molecule has 19 atom stereocenters. The van der Waals surface area contributed by atoms with Crippen LogP contribution in [0.5, 0.6) is 0 Å². The number of ketones is 1. The molecule has 16 heteroatoms. The highest BCUT2D eigenvalue weighted by Crippen LogP contribution is 2.54. The van der Waals surface area contributed by atoms with Crippen LogP contribution in [0.1, 0.15) is 90.4 Å². The second-order valence-corrected chi connectivity index (χ2v) is 19.6. The van der Waals surface area contributed by atoms with Gasteiger partial charge in [0.25, 0.3) is 10.1 Å². The average molecular weight is 826 g/mol. The second-order valence-electron chi connectivity index (χ2n) is 18.2. The molecule has 1 spiro atoms. The molecule has 0 aliphatic carbocycles. The zero-order chi connectivity index (χ0) is 40.4. The van der Waals surface area contributed by atoms with Crippen molar-refractivity contribution in [2.75, 3.05) is 19.9 Å². The van der Waals surface area contributed by atoms with E-state index in [2.05, 4.69) is 20.1 Å². The van der Waals surface area contributed by atoms with Crippen molar-refractivity contribution in [2.24, 2.45) is 17.6 Å². The summed E-state index contributed by atoms with van der Waals surface area (Å²) >= 11 is 0. The van der Waals surface area contributed by atoms with Crippen molar-refractivity contribution in [1.29, 1.82) is 0 Å². The third-order valence-electron chi connectivity index (χ3n) is 14.0. The first kappa shape index (κ1) is 42.3. The predicted molar refractivity (Wildman–Crippen MR) is 204 cm³/mol. The zero-order valence-electron chi connectivity index (χ0n) is 33.5. The van der Waals surface area contributed by atoms with Crippen molar-refractivity contribution >= 4 is 15.9 Å². The van der Waals surface area contributed by atoms with E-state index in [1.54, 1.807) is 7.11 Å². The Bertz CT molecular complexity index is 1600. The van der Waals surface area contributed by atoms with Crippen LogP contribution in [0.15, 0.2) is 24.3 Å². The van der Waals surface area contributed by atoms with Gasteiger partial charge in [-0.15, -0.1) is 0 Å². The number of hydrogen-bond acceptors (Lipinski definition) is 14. The molecule has 10 aliphatic rings. The van der Waals surface area contributed by atoms with Crippen LogP contribution < -0.4 is 5.73 Å². The van der Waals surface area contributed by atoms with Gasteiger partial charge in [-0.3, -0.25) is 9.35 Å². The Morgan fingerprint density at radius 2 is 1.51 bits per heavy atom. The van der Waals surface area contributed by atoms with Gasteiger partial charge >= 0.3 is 0 Å². The Labute approximate surface area is 336 Å². The van der Waals surface area contributed by atoms with E-state index in [9.17, 15) is 18.3 Å². The summed E-state index contributed by atoms with van der Waals surface area (Å²) in [5.74, 6) is -0.619. The molecule has 0 aromatic carbocycles. The minimum absolute atomic E-state index is 0.0158. The first-order valence-corrected chi connectivity index (χ1v) is 22.9. The molecule has 0 amide bonds. The monoisotopic (exact) mass is 825 g/mol. The third-order valence-corrected chi connectivity index (χ3v) is 14.0. The first-order chi connectivity index (χ1) is 27.1. The van der Waals surface area contributed by atoms with Crippen LogP contribution >= 0.6 is 0 Å². The first-order valence-electron chi connectivity index (χ1n) is 21.1. The van der Waals surface area contributed by atoms with Crippen molar-refractivity contribution in [1.82, 2.24) is 0 Å². The molecule has 15 nitrogen and oxygen atoms in total. The lowest BCUT2D eigenvalue weighted by Gasteiger charge is -2.47. The Hall–Kier alpha value is -1.38. The van der Waals surface area contributed by atoms with E-state index in [0.29, 0.717) is 31.9 Å². The molecule has 10 aliphatic heterocycles. The number of Topliss-reactive ketones (excluding diaryl/α,β-unsaturated/α-hetero) is 1. The summed E-state index contributed by atoms with van der Waals surface area (Å²) in [6.07, 6.45) is 5.57. The maximum absolute atomic E-state index is 14.1. The number of fused-ring (bicyclic) bond motifs is 6. The van der Waals surface area contributed by atoms with E-state index in [-0.39, 0.29) is 122 Å². The average Bonchev–Trinajstić information content (AvgIpc) is 3.82. The minimum atomic E-state index is -3.67. The number of aliphatic hydroxyl groups is 1. The van der Waals surface area contributed by atoms with E-state index >= 15 is 0 Å². The lowest BCUT2D eigenvalue weighted by Crippen LogP contribution is -2.61. The van der Waals surface area contributed by atoms with Crippen LogP contribution in [0.4, 0.5) is 0 Å². The number of hydrogen-bond donors (Lipinski definition) is 3. The van der Waals surface area contributed by atoms with Gasteiger partial charge in [0.1, 0.15) is 36.3 Å². The molecular formula is C41H63NO14S. The summed E-state index contributed by atoms with van der Waals surface area (Å²) in [6.45, 7) is 11.3. The molecule has 0 aromatic rings. The van der Waals surface area contributed by atoms with Crippen molar-refractivity contribution in [2.45, 2.75) is 194 Å². The van der Waals surface area contributed by atoms with Gasteiger partial charge in [-0.05, 0) is 62.0 Å². The summed E-state index contributed by atoms with van der Waals surface area (Å²) in [4.78, 5) is 14.1. The van der Waals surface area contributed by atoms with Gasteiger partial charge in [0.2, 0.25) is 0 Å². The maximum atomic E-state index is 14.1. The number of rotatable bonds is 4. The van der Waals surface area contributed by atoms with E-state index in [1.165, 1.54) is 0 Å². The lowest BCUT2D eigenvalue weighted by atomic mass is 9.81. The van der Waals surface area contributed by atoms with Crippen LogP contribution in [0.2, 0.25) is 0 Å². The molecule has 322 valence electrons. The molecule has 0 radical (unpaired) electrons. The number of carbonyl (C=O) groups excluding carboxylic acids is 1. The number of ether oxygens (including phenoxy) is 9. The van der Waals surface area contributed by atoms with Crippen LogP contribution in [-0.2, 0) is 57.5 Å². The molecule has 10 saturated heterocycles. The van der Waals surface area contributed by atoms with Gasteiger partial charge < -0.3 is 53.5 Å². The van der Waals surface area contributed by atoms with Crippen molar-refractivity contribution in [3.63, 3.8) is 0 Å². The Morgan fingerprint density at radius 1 is 0.825 bits per heavy atom. The molecule has 10 fully saturated rings. The molecular weight excluding hydrogens is 763 g/mol. The lowest BCUT2D eigenvalue weighted by molar-refractivity contribution is -0.292. The topological polar surface area (TPSA) is 201 Å². The number of aliphatic hydroxyl groups excluding tert-OH is 1. The van der Waals surface area contributed by atoms with Crippen molar-refractivity contribution in [3.8, 4) is 0 Å². The molecule has 0 aromatic heterocycles. The van der Waals surface area contributed by atoms with Crippen LogP contribution in [0.25, 0.3) is 0 Å². The van der Waals surface area contributed by atoms with Gasteiger partial charge in [-0.25, -0.2) is 0 Å². The molecule has 10 heterocycles. The smallest absolute Gasteiger partial charge is 0.261 e. The molecule has 0 saturated carbocycles. The third kappa shape index (κ3) is 9.00. The number of carbonyl (C=O) groups is 1.